The average Bonchev–Trinajstić information content (AvgIpc) is 2.45. The molecule has 0 bridgehead atoms. The SMILES string of the molecule is CCCS(=O)(=O)c1ccccc1N(CC)CC(C)(C)CN. The Morgan fingerprint density at radius 2 is 1.81 bits per heavy atom. The maximum Gasteiger partial charge on any atom is 0.180 e. The predicted octanol–water partition coefficient (Wildman–Crippen LogP) is 2.68. The predicted molar refractivity (Wildman–Crippen MR) is 89.5 cm³/mol. The smallest absolute Gasteiger partial charge is 0.180 e. The Morgan fingerprint density at radius 1 is 1.19 bits per heavy atom. The Labute approximate surface area is 129 Å². The number of para-hydroxylation sites is 1. The first-order chi connectivity index (χ1) is 9.77. The molecule has 21 heavy (non-hydrogen) atoms. The Kier molecular flexibility index (Phi) is 6.23. The molecule has 0 unspecified atom stereocenters. The summed E-state index contributed by atoms with van der Waals surface area (Å²) in [5.41, 5.74) is 6.54. The third-order valence-electron chi connectivity index (χ3n) is 3.57. The van der Waals surface area contributed by atoms with Gasteiger partial charge in [-0.05, 0) is 37.4 Å². The first-order valence-corrected chi connectivity index (χ1v) is 9.19. The van der Waals surface area contributed by atoms with Crippen LogP contribution in [0.25, 0.3) is 0 Å². The molecule has 0 fully saturated rings. The molecule has 5 heteroatoms. The number of benzene rings is 1. The lowest BCUT2D eigenvalue weighted by Crippen LogP contribution is -2.39. The number of rotatable bonds is 8. The minimum Gasteiger partial charge on any atom is -0.370 e. The zero-order chi connectivity index (χ0) is 16.1. The summed E-state index contributed by atoms with van der Waals surface area (Å²) in [7, 11) is -3.23. The third kappa shape index (κ3) is 4.71. The van der Waals surface area contributed by atoms with Gasteiger partial charge < -0.3 is 10.6 Å². The van der Waals surface area contributed by atoms with E-state index in [1.54, 1.807) is 12.1 Å². The standard InChI is InChI=1S/C16H28N2O2S/c1-5-11-21(19,20)15-10-8-7-9-14(15)18(6-2)13-16(3,4)12-17/h7-10H,5-6,11-13,17H2,1-4H3. The van der Waals surface area contributed by atoms with Crippen LogP contribution in [0.1, 0.15) is 34.1 Å². The van der Waals surface area contributed by atoms with Crippen molar-refractivity contribution in [1.29, 1.82) is 0 Å². The van der Waals surface area contributed by atoms with Gasteiger partial charge in [-0.15, -0.1) is 0 Å². The van der Waals surface area contributed by atoms with Crippen LogP contribution in [0.5, 0.6) is 0 Å². The molecule has 4 nitrogen and oxygen atoms in total. The summed E-state index contributed by atoms with van der Waals surface area (Å²) >= 11 is 0. The molecule has 0 heterocycles. The van der Waals surface area contributed by atoms with Crippen LogP contribution >= 0.6 is 0 Å². The van der Waals surface area contributed by atoms with Crippen molar-refractivity contribution in [3.8, 4) is 0 Å². The minimum absolute atomic E-state index is 0.0579. The van der Waals surface area contributed by atoms with Gasteiger partial charge in [0.15, 0.2) is 9.84 Å². The van der Waals surface area contributed by atoms with Crippen molar-refractivity contribution in [1.82, 2.24) is 0 Å². The third-order valence-corrected chi connectivity index (χ3v) is 5.53. The lowest BCUT2D eigenvalue weighted by molar-refractivity contribution is 0.379. The maximum atomic E-state index is 12.5. The van der Waals surface area contributed by atoms with Crippen molar-refractivity contribution >= 4 is 15.5 Å². The molecule has 0 aliphatic heterocycles. The second-order valence-electron chi connectivity index (χ2n) is 6.17. The van der Waals surface area contributed by atoms with Gasteiger partial charge >= 0.3 is 0 Å². The zero-order valence-electron chi connectivity index (χ0n) is 13.6. The summed E-state index contributed by atoms with van der Waals surface area (Å²) in [5, 5.41) is 0. The van der Waals surface area contributed by atoms with E-state index in [2.05, 4.69) is 18.7 Å². The van der Waals surface area contributed by atoms with Gasteiger partial charge in [0.25, 0.3) is 0 Å². The number of anilines is 1. The molecular weight excluding hydrogens is 284 g/mol. The van der Waals surface area contributed by atoms with Crippen molar-refractivity contribution in [2.45, 2.75) is 39.0 Å². The topological polar surface area (TPSA) is 63.4 Å². The van der Waals surface area contributed by atoms with E-state index in [1.807, 2.05) is 26.0 Å². The largest absolute Gasteiger partial charge is 0.370 e. The summed E-state index contributed by atoms with van der Waals surface area (Å²) in [5.74, 6) is 0.182. The van der Waals surface area contributed by atoms with Crippen molar-refractivity contribution in [3.63, 3.8) is 0 Å². The van der Waals surface area contributed by atoms with Crippen LogP contribution in [0.2, 0.25) is 0 Å². The van der Waals surface area contributed by atoms with Gasteiger partial charge in [-0.2, -0.15) is 0 Å². The molecule has 0 aliphatic carbocycles. The molecule has 2 N–H and O–H groups in total. The fourth-order valence-corrected chi connectivity index (χ4v) is 3.87. The monoisotopic (exact) mass is 312 g/mol. The van der Waals surface area contributed by atoms with Gasteiger partial charge in [-0.3, -0.25) is 0 Å². The number of hydrogen-bond donors (Lipinski definition) is 1. The summed E-state index contributed by atoms with van der Waals surface area (Å²) in [4.78, 5) is 2.54. The molecule has 0 aliphatic rings. The molecule has 120 valence electrons. The fraction of sp³-hybridized carbons (Fsp3) is 0.625. The fourth-order valence-electron chi connectivity index (χ4n) is 2.31. The highest BCUT2D eigenvalue weighted by molar-refractivity contribution is 7.91. The van der Waals surface area contributed by atoms with Crippen LogP contribution in [0.15, 0.2) is 29.2 Å². The second kappa shape index (κ2) is 7.27. The van der Waals surface area contributed by atoms with Gasteiger partial charge in [-0.1, -0.05) is 32.9 Å². The highest BCUT2D eigenvalue weighted by Gasteiger charge is 2.24. The van der Waals surface area contributed by atoms with Crippen LogP contribution in [0, 0.1) is 5.41 Å². The van der Waals surface area contributed by atoms with Gasteiger partial charge in [-0.25, -0.2) is 8.42 Å². The van der Waals surface area contributed by atoms with E-state index in [0.717, 1.165) is 18.8 Å². The summed E-state index contributed by atoms with van der Waals surface area (Å²) in [6, 6.07) is 7.27. The minimum atomic E-state index is -3.23. The van der Waals surface area contributed by atoms with E-state index >= 15 is 0 Å². The first-order valence-electron chi connectivity index (χ1n) is 7.54. The number of sulfone groups is 1. The number of nitrogens with two attached hydrogens (primary N) is 1. The highest BCUT2D eigenvalue weighted by Crippen LogP contribution is 2.29. The molecule has 0 saturated heterocycles. The van der Waals surface area contributed by atoms with Crippen molar-refractivity contribution in [3.05, 3.63) is 24.3 Å². The molecular formula is C16H28N2O2S. The quantitative estimate of drug-likeness (QED) is 0.801. The Hall–Kier alpha value is -1.07. The number of hydrogen-bond acceptors (Lipinski definition) is 4. The maximum absolute atomic E-state index is 12.5. The van der Waals surface area contributed by atoms with Gasteiger partial charge in [0, 0.05) is 13.1 Å². The molecule has 0 saturated carbocycles. The lowest BCUT2D eigenvalue weighted by Gasteiger charge is -2.33. The highest BCUT2D eigenvalue weighted by atomic mass is 32.2. The Balaban J connectivity index is 3.23. The van der Waals surface area contributed by atoms with E-state index in [9.17, 15) is 8.42 Å². The molecule has 1 aromatic carbocycles. The summed E-state index contributed by atoms with van der Waals surface area (Å²) < 4.78 is 24.9. The van der Waals surface area contributed by atoms with Crippen molar-refractivity contribution < 1.29 is 8.42 Å². The van der Waals surface area contributed by atoms with Crippen molar-refractivity contribution in [2.75, 3.05) is 30.3 Å². The van der Waals surface area contributed by atoms with E-state index < -0.39 is 9.84 Å². The van der Waals surface area contributed by atoms with Crippen LogP contribution in [-0.2, 0) is 9.84 Å². The summed E-state index contributed by atoms with van der Waals surface area (Å²) in [6.07, 6.45) is 0.622. The Morgan fingerprint density at radius 3 is 2.33 bits per heavy atom. The van der Waals surface area contributed by atoms with Gasteiger partial charge in [0.2, 0.25) is 0 Å². The van der Waals surface area contributed by atoms with Gasteiger partial charge in [0.1, 0.15) is 0 Å². The normalized spacial score (nSPS) is 12.4. The second-order valence-corrected chi connectivity index (χ2v) is 8.25. The lowest BCUT2D eigenvalue weighted by atomic mass is 9.93. The molecule has 0 atom stereocenters. The molecule has 1 aromatic rings. The first kappa shape index (κ1) is 18.0. The Bertz CT molecular complexity index is 553. The van der Waals surface area contributed by atoms with Gasteiger partial charge in [0.05, 0.1) is 16.3 Å². The van der Waals surface area contributed by atoms with Crippen LogP contribution in [0.4, 0.5) is 5.69 Å². The molecule has 0 radical (unpaired) electrons. The summed E-state index contributed by atoms with van der Waals surface area (Å²) in [6.45, 7) is 10.2. The van der Waals surface area contributed by atoms with Crippen LogP contribution in [0.3, 0.4) is 0 Å². The average molecular weight is 312 g/mol. The van der Waals surface area contributed by atoms with E-state index in [-0.39, 0.29) is 11.2 Å². The van der Waals surface area contributed by atoms with Crippen LogP contribution < -0.4 is 10.6 Å². The molecule has 0 spiro atoms. The molecule has 1 rings (SSSR count). The molecule has 0 aromatic heterocycles. The van der Waals surface area contributed by atoms with E-state index in [0.29, 0.717) is 17.9 Å². The van der Waals surface area contributed by atoms with E-state index in [4.69, 9.17) is 5.73 Å². The molecule has 0 amide bonds. The van der Waals surface area contributed by atoms with Crippen molar-refractivity contribution in [2.24, 2.45) is 11.1 Å². The van der Waals surface area contributed by atoms with E-state index in [1.165, 1.54) is 0 Å². The van der Waals surface area contributed by atoms with Crippen LogP contribution in [-0.4, -0.2) is 33.8 Å². The number of nitrogens with zero attached hydrogens (tertiary/aromatic N) is 1. The zero-order valence-corrected chi connectivity index (χ0v) is 14.4.